The summed E-state index contributed by atoms with van der Waals surface area (Å²) < 4.78 is 5.02. The quantitative estimate of drug-likeness (QED) is 0.750. The van der Waals surface area contributed by atoms with E-state index in [0.29, 0.717) is 12.3 Å². The number of rotatable bonds is 6. The van der Waals surface area contributed by atoms with Crippen LogP contribution >= 0.6 is 11.8 Å². The minimum atomic E-state index is -1.11. The van der Waals surface area contributed by atoms with Crippen molar-refractivity contribution < 1.29 is 19.4 Å². The fraction of sp³-hybridized carbons (Fsp3) is 0.385. The van der Waals surface area contributed by atoms with E-state index >= 15 is 0 Å². The molecule has 0 aromatic heterocycles. The number of carboxylic acids is 1. The lowest BCUT2D eigenvalue weighted by atomic mass is 10.1. The number of thioether (sulfide) groups is 1. The van der Waals surface area contributed by atoms with E-state index in [1.165, 1.54) is 25.3 Å². The molecule has 0 aliphatic heterocycles. The second-order valence-electron chi connectivity index (χ2n) is 4.10. The monoisotopic (exact) mass is 298 g/mol. The van der Waals surface area contributed by atoms with Crippen molar-refractivity contribution in [1.29, 1.82) is 0 Å². The van der Waals surface area contributed by atoms with Crippen LogP contribution in [-0.2, 0) is 0 Å². The van der Waals surface area contributed by atoms with Crippen molar-refractivity contribution in [2.75, 3.05) is 25.2 Å². The highest BCUT2D eigenvalue weighted by molar-refractivity contribution is 7.99. The number of hydrogen-bond acceptors (Lipinski definition) is 4. The summed E-state index contributed by atoms with van der Waals surface area (Å²) in [6.45, 7) is 2.48. The zero-order valence-corrected chi connectivity index (χ0v) is 12.4. The second-order valence-corrected chi connectivity index (χ2v) is 5.37. The molecule has 6 nitrogen and oxygen atoms in total. The Balaban J connectivity index is 2.79. The summed E-state index contributed by atoms with van der Waals surface area (Å²) in [6.07, 6.45) is 1.95. The molecule has 0 saturated heterocycles. The Morgan fingerprint density at radius 3 is 2.70 bits per heavy atom. The van der Waals surface area contributed by atoms with E-state index in [0.717, 1.165) is 0 Å². The van der Waals surface area contributed by atoms with Crippen molar-refractivity contribution in [1.82, 2.24) is 5.32 Å². The van der Waals surface area contributed by atoms with E-state index in [2.05, 4.69) is 10.6 Å². The largest absolute Gasteiger partial charge is 0.497 e. The van der Waals surface area contributed by atoms with E-state index in [9.17, 15) is 9.59 Å². The zero-order chi connectivity index (χ0) is 15.1. The number of ether oxygens (including phenoxy) is 1. The average Bonchev–Trinajstić information content (AvgIpc) is 2.44. The molecule has 20 heavy (non-hydrogen) atoms. The van der Waals surface area contributed by atoms with Crippen molar-refractivity contribution >= 4 is 29.4 Å². The summed E-state index contributed by atoms with van der Waals surface area (Å²) in [5, 5.41) is 14.6. The minimum absolute atomic E-state index is 0.0128. The number of benzene rings is 1. The highest BCUT2D eigenvalue weighted by Crippen LogP contribution is 2.22. The van der Waals surface area contributed by atoms with Crippen molar-refractivity contribution in [3.63, 3.8) is 0 Å². The lowest BCUT2D eigenvalue weighted by Gasteiger charge is -2.13. The van der Waals surface area contributed by atoms with Gasteiger partial charge in [0.1, 0.15) is 5.75 Å². The highest BCUT2D eigenvalue weighted by Gasteiger charge is 2.13. The van der Waals surface area contributed by atoms with Crippen LogP contribution in [0.25, 0.3) is 0 Å². The van der Waals surface area contributed by atoms with Crippen molar-refractivity contribution in [2.45, 2.75) is 12.2 Å². The SMILES string of the molecule is COc1ccc(C(=O)O)c(NC(=O)NCC(C)SC)c1. The third-order valence-electron chi connectivity index (χ3n) is 2.66. The molecule has 7 heteroatoms. The van der Waals surface area contributed by atoms with Gasteiger partial charge in [0.25, 0.3) is 0 Å². The summed E-state index contributed by atoms with van der Waals surface area (Å²) in [4.78, 5) is 22.8. The van der Waals surface area contributed by atoms with E-state index in [-0.39, 0.29) is 16.5 Å². The first-order chi connectivity index (χ1) is 9.47. The molecule has 0 radical (unpaired) electrons. The van der Waals surface area contributed by atoms with Crippen molar-refractivity contribution in [2.24, 2.45) is 0 Å². The third kappa shape index (κ3) is 4.65. The van der Waals surface area contributed by atoms with Crippen molar-refractivity contribution in [3.8, 4) is 5.75 Å². The molecular formula is C13H18N2O4S. The molecule has 110 valence electrons. The molecule has 0 aliphatic carbocycles. The third-order valence-corrected chi connectivity index (χ3v) is 3.63. The maximum atomic E-state index is 11.7. The number of urea groups is 1. The molecule has 2 amide bonds. The Hall–Kier alpha value is -1.89. The van der Waals surface area contributed by atoms with Crippen LogP contribution in [-0.4, -0.2) is 42.3 Å². The molecule has 0 saturated carbocycles. The molecule has 0 fully saturated rings. The molecule has 1 atom stereocenters. The molecule has 0 heterocycles. The first-order valence-electron chi connectivity index (χ1n) is 5.97. The van der Waals surface area contributed by atoms with Gasteiger partial charge in [-0.25, -0.2) is 9.59 Å². The molecule has 0 spiro atoms. The number of amides is 2. The molecule has 0 aliphatic rings. The fourth-order valence-electron chi connectivity index (χ4n) is 1.43. The Morgan fingerprint density at radius 1 is 1.45 bits per heavy atom. The van der Waals surface area contributed by atoms with Gasteiger partial charge in [-0.2, -0.15) is 11.8 Å². The number of methoxy groups -OCH3 is 1. The lowest BCUT2D eigenvalue weighted by Crippen LogP contribution is -2.33. The maximum Gasteiger partial charge on any atom is 0.337 e. The second kappa shape index (κ2) is 7.64. The predicted molar refractivity (Wildman–Crippen MR) is 80.0 cm³/mol. The first-order valence-corrected chi connectivity index (χ1v) is 7.25. The Kier molecular flexibility index (Phi) is 6.17. The summed E-state index contributed by atoms with van der Waals surface area (Å²) in [6, 6.07) is 3.95. The highest BCUT2D eigenvalue weighted by atomic mass is 32.2. The van der Waals surface area contributed by atoms with Crippen LogP contribution in [0.3, 0.4) is 0 Å². The van der Waals surface area contributed by atoms with E-state index < -0.39 is 12.0 Å². The van der Waals surface area contributed by atoms with Gasteiger partial charge in [-0.3, -0.25) is 0 Å². The summed E-state index contributed by atoms with van der Waals surface area (Å²) in [5.74, 6) is -0.636. The van der Waals surface area contributed by atoms with E-state index in [4.69, 9.17) is 9.84 Å². The first kappa shape index (κ1) is 16.2. The Labute approximate surface area is 121 Å². The smallest absolute Gasteiger partial charge is 0.337 e. The zero-order valence-electron chi connectivity index (χ0n) is 11.6. The van der Waals surface area contributed by atoms with Crippen LogP contribution in [0.5, 0.6) is 5.75 Å². The summed E-state index contributed by atoms with van der Waals surface area (Å²) in [5.41, 5.74) is 0.213. The molecule has 1 aromatic rings. The summed E-state index contributed by atoms with van der Waals surface area (Å²) in [7, 11) is 1.47. The molecule has 0 bridgehead atoms. The normalized spacial score (nSPS) is 11.6. The number of nitrogens with one attached hydrogen (secondary N) is 2. The van der Waals surface area contributed by atoms with Crippen LogP contribution in [0.1, 0.15) is 17.3 Å². The van der Waals surface area contributed by atoms with Crippen LogP contribution in [0, 0.1) is 0 Å². The van der Waals surface area contributed by atoms with Crippen LogP contribution in [0.2, 0.25) is 0 Å². The predicted octanol–water partition coefficient (Wildman–Crippen LogP) is 2.27. The van der Waals surface area contributed by atoms with E-state index in [1.807, 2.05) is 13.2 Å². The number of hydrogen-bond donors (Lipinski definition) is 3. The molecule has 1 unspecified atom stereocenters. The standard InChI is InChI=1S/C13H18N2O4S/c1-8(20-3)7-14-13(18)15-11-6-9(19-2)4-5-10(11)12(16)17/h4-6,8H,7H2,1-3H3,(H,16,17)(H2,14,15,18). The van der Waals surface area contributed by atoms with Gasteiger partial charge in [-0.1, -0.05) is 6.92 Å². The topological polar surface area (TPSA) is 87.7 Å². The molecule has 1 aromatic carbocycles. The van der Waals surface area contributed by atoms with Gasteiger partial charge in [0.05, 0.1) is 18.4 Å². The van der Waals surface area contributed by atoms with Crippen LogP contribution in [0.15, 0.2) is 18.2 Å². The molecular weight excluding hydrogens is 280 g/mol. The van der Waals surface area contributed by atoms with Crippen molar-refractivity contribution in [3.05, 3.63) is 23.8 Å². The average molecular weight is 298 g/mol. The van der Waals surface area contributed by atoms with Gasteiger partial charge in [-0.15, -0.1) is 0 Å². The number of carboxylic acid groups (broad SMARTS) is 1. The van der Waals surface area contributed by atoms with Gasteiger partial charge in [0, 0.05) is 17.9 Å². The van der Waals surface area contributed by atoms with Gasteiger partial charge in [0.2, 0.25) is 0 Å². The molecule has 3 N–H and O–H groups in total. The van der Waals surface area contributed by atoms with Crippen LogP contribution in [0.4, 0.5) is 10.5 Å². The van der Waals surface area contributed by atoms with Gasteiger partial charge < -0.3 is 20.5 Å². The molecule has 1 rings (SSSR count). The van der Waals surface area contributed by atoms with Crippen LogP contribution < -0.4 is 15.4 Å². The Bertz CT molecular complexity index is 493. The number of anilines is 1. The number of carbonyl (C=O) groups excluding carboxylic acids is 1. The fourth-order valence-corrected chi connectivity index (χ4v) is 1.68. The lowest BCUT2D eigenvalue weighted by molar-refractivity contribution is 0.0698. The van der Waals surface area contributed by atoms with Gasteiger partial charge in [0.15, 0.2) is 0 Å². The number of aromatic carboxylic acids is 1. The Morgan fingerprint density at radius 2 is 2.15 bits per heavy atom. The number of carbonyl (C=O) groups is 2. The van der Waals surface area contributed by atoms with Gasteiger partial charge >= 0.3 is 12.0 Å². The van der Waals surface area contributed by atoms with E-state index in [1.54, 1.807) is 11.8 Å². The van der Waals surface area contributed by atoms with Gasteiger partial charge in [-0.05, 0) is 18.4 Å². The minimum Gasteiger partial charge on any atom is -0.497 e. The maximum absolute atomic E-state index is 11.7. The summed E-state index contributed by atoms with van der Waals surface area (Å²) >= 11 is 1.63.